The number of nitrogens with zero attached hydrogens (tertiary/aromatic N) is 1. The van der Waals surface area contributed by atoms with E-state index in [1.54, 1.807) is 0 Å². The lowest BCUT2D eigenvalue weighted by atomic mass is 10.1. The number of carbonyl (C=O) groups is 1. The van der Waals surface area contributed by atoms with Gasteiger partial charge in [-0.25, -0.2) is 13.8 Å². The molecule has 1 aromatic heterocycles. The molecule has 0 atom stereocenters. The number of aromatic nitrogens is 1. The lowest BCUT2D eigenvalue weighted by Gasteiger charge is -2.11. The molecule has 0 saturated heterocycles. The van der Waals surface area contributed by atoms with E-state index in [9.17, 15) is 13.6 Å². The van der Waals surface area contributed by atoms with Crippen molar-refractivity contribution in [2.45, 2.75) is 18.7 Å². The number of halogens is 3. The van der Waals surface area contributed by atoms with Crippen molar-refractivity contribution >= 4 is 23.4 Å². The van der Waals surface area contributed by atoms with Crippen molar-refractivity contribution in [2.24, 2.45) is 0 Å². The molecule has 0 saturated carbocycles. The van der Waals surface area contributed by atoms with Gasteiger partial charge in [0.25, 0.3) is 6.43 Å². The van der Waals surface area contributed by atoms with Gasteiger partial charge in [-0.1, -0.05) is 0 Å². The zero-order chi connectivity index (χ0) is 12.3. The van der Waals surface area contributed by atoms with E-state index in [4.69, 9.17) is 22.4 Å². The van der Waals surface area contributed by atoms with E-state index >= 15 is 0 Å². The van der Waals surface area contributed by atoms with E-state index in [1.165, 1.54) is 6.07 Å². The van der Waals surface area contributed by atoms with E-state index in [-0.39, 0.29) is 23.0 Å². The largest absolute Gasteiger partial charge is 0.481 e. The molecule has 1 rings (SSSR count). The van der Waals surface area contributed by atoms with Crippen LogP contribution in [0, 0.1) is 0 Å². The maximum atomic E-state index is 12.6. The number of aliphatic carboxylic acids is 1. The van der Waals surface area contributed by atoms with Crippen molar-refractivity contribution in [3.05, 3.63) is 22.9 Å². The Labute approximate surface area is 95.0 Å². The third-order valence-electron chi connectivity index (χ3n) is 1.92. The predicted octanol–water partition coefficient (Wildman–Crippen LogP) is 1.97. The van der Waals surface area contributed by atoms with Crippen LogP contribution in [0.3, 0.4) is 0 Å². The standard InChI is InChI=1S/C9H9ClF2N2O2/c10-3-5-1-4(2-6(15)16)7(8(11)12)9(13)14-5/h1,8H,2-3H2,(H2,13,14)(H,15,16). The molecule has 0 aliphatic carbocycles. The highest BCUT2D eigenvalue weighted by molar-refractivity contribution is 6.16. The van der Waals surface area contributed by atoms with Crippen molar-refractivity contribution in [2.75, 3.05) is 5.73 Å². The minimum absolute atomic E-state index is 0.0136. The number of carboxylic acid groups (broad SMARTS) is 1. The van der Waals surface area contributed by atoms with E-state index < -0.39 is 24.4 Å². The van der Waals surface area contributed by atoms with Gasteiger partial charge >= 0.3 is 5.97 Å². The van der Waals surface area contributed by atoms with Gasteiger partial charge < -0.3 is 10.8 Å². The van der Waals surface area contributed by atoms with Crippen LogP contribution in [0.15, 0.2) is 6.07 Å². The number of hydrogen-bond acceptors (Lipinski definition) is 3. The molecule has 0 amide bonds. The second-order valence-electron chi connectivity index (χ2n) is 3.08. The fraction of sp³-hybridized carbons (Fsp3) is 0.333. The van der Waals surface area contributed by atoms with Crippen LogP contribution in [-0.2, 0) is 17.1 Å². The van der Waals surface area contributed by atoms with Gasteiger partial charge in [-0.15, -0.1) is 11.6 Å². The van der Waals surface area contributed by atoms with Crippen molar-refractivity contribution < 1.29 is 18.7 Å². The second kappa shape index (κ2) is 5.07. The van der Waals surface area contributed by atoms with Crippen molar-refractivity contribution in [3.63, 3.8) is 0 Å². The summed E-state index contributed by atoms with van der Waals surface area (Å²) in [7, 11) is 0. The molecule has 0 bridgehead atoms. The summed E-state index contributed by atoms with van der Waals surface area (Å²) in [6.07, 6.45) is -3.39. The summed E-state index contributed by atoms with van der Waals surface area (Å²) in [6, 6.07) is 1.24. The molecule has 7 heteroatoms. The Morgan fingerprint density at radius 2 is 2.25 bits per heavy atom. The average Bonchev–Trinajstić information content (AvgIpc) is 2.14. The molecule has 1 heterocycles. The molecule has 0 radical (unpaired) electrons. The maximum Gasteiger partial charge on any atom is 0.307 e. The summed E-state index contributed by atoms with van der Waals surface area (Å²) >= 11 is 5.49. The summed E-state index contributed by atoms with van der Waals surface area (Å²) in [4.78, 5) is 14.2. The molecular weight excluding hydrogens is 242 g/mol. The van der Waals surface area contributed by atoms with Crippen LogP contribution in [-0.4, -0.2) is 16.1 Å². The van der Waals surface area contributed by atoms with Crippen molar-refractivity contribution in [1.82, 2.24) is 4.98 Å². The first-order valence-corrected chi connectivity index (χ1v) is 4.83. The molecule has 0 unspecified atom stereocenters. The third-order valence-corrected chi connectivity index (χ3v) is 2.20. The predicted molar refractivity (Wildman–Crippen MR) is 54.5 cm³/mol. The number of alkyl halides is 3. The van der Waals surface area contributed by atoms with Crippen LogP contribution >= 0.6 is 11.6 Å². The van der Waals surface area contributed by atoms with E-state index in [2.05, 4.69) is 4.98 Å². The molecule has 0 fully saturated rings. The average molecular weight is 251 g/mol. The molecule has 16 heavy (non-hydrogen) atoms. The summed E-state index contributed by atoms with van der Waals surface area (Å²) in [5.74, 6) is -1.60. The van der Waals surface area contributed by atoms with Gasteiger partial charge in [0.1, 0.15) is 5.82 Å². The minimum atomic E-state index is -2.86. The van der Waals surface area contributed by atoms with Gasteiger partial charge in [-0.3, -0.25) is 4.79 Å². The van der Waals surface area contributed by atoms with Gasteiger partial charge in [-0.05, 0) is 11.6 Å². The zero-order valence-electron chi connectivity index (χ0n) is 8.08. The van der Waals surface area contributed by atoms with Gasteiger partial charge in [0.15, 0.2) is 0 Å². The highest BCUT2D eigenvalue weighted by Crippen LogP contribution is 2.28. The lowest BCUT2D eigenvalue weighted by Crippen LogP contribution is -2.09. The van der Waals surface area contributed by atoms with E-state index in [1.807, 2.05) is 0 Å². The first-order valence-electron chi connectivity index (χ1n) is 4.29. The Kier molecular flexibility index (Phi) is 4.00. The maximum absolute atomic E-state index is 12.6. The van der Waals surface area contributed by atoms with E-state index in [0.29, 0.717) is 0 Å². The van der Waals surface area contributed by atoms with Crippen LogP contribution in [0.1, 0.15) is 23.2 Å². The number of pyridine rings is 1. The van der Waals surface area contributed by atoms with Crippen LogP contribution in [0.5, 0.6) is 0 Å². The van der Waals surface area contributed by atoms with Gasteiger partial charge in [0.05, 0.1) is 23.6 Å². The number of hydrogen-bond donors (Lipinski definition) is 2. The molecule has 0 aliphatic rings. The Bertz CT molecular complexity index is 413. The van der Waals surface area contributed by atoms with Crippen LogP contribution < -0.4 is 5.73 Å². The zero-order valence-corrected chi connectivity index (χ0v) is 8.84. The molecule has 88 valence electrons. The Hall–Kier alpha value is -1.43. The smallest absolute Gasteiger partial charge is 0.307 e. The topological polar surface area (TPSA) is 76.2 Å². The summed E-state index contributed by atoms with van der Waals surface area (Å²) in [5.41, 5.74) is 5.03. The van der Waals surface area contributed by atoms with Crippen LogP contribution in [0.25, 0.3) is 0 Å². The summed E-state index contributed by atoms with van der Waals surface area (Å²) < 4.78 is 25.3. The number of nitrogen functional groups attached to an aromatic ring is 1. The SMILES string of the molecule is Nc1nc(CCl)cc(CC(=O)O)c1C(F)F. The number of rotatable bonds is 4. The number of anilines is 1. The first kappa shape index (κ1) is 12.6. The van der Waals surface area contributed by atoms with Crippen molar-refractivity contribution in [3.8, 4) is 0 Å². The van der Waals surface area contributed by atoms with Gasteiger partial charge in [0, 0.05) is 0 Å². The normalized spacial score (nSPS) is 10.8. The summed E-state index contributed by atoms with van der Waals surface area (Å²) in [5, 5.41) is 8.59. The molecule has 0 aliphatic heterocycles. The van der Waals surface area contributed by atoms with Crippen LogP contribution in [0.2, 0.25) is 0 Å². The highest BCUT2D eigenvalue weighted by Gasteiger charge is 2.20. The van der Waals surface area contributed by atoms with Gasteiger partial charge in [0.2, 0.25) is 0 Å². The lowest BCUT2D eigenvalue weighted by molar-refractivity contribution is -0.136. The second-order valence-corrected chi connectivity index (χ2v) is 3.34. The molecule has 0 spiro atoms. The fourth-order valence-corrected chi connectivity index (χ4v) is 1.46. The fourth-order valence-electron chi connectivity index (χ4n) is 1.32. The highest BCUT2D eigenvalue weighted by atomic mass is 35.5. The Morgan fingerprint density at radius 3 is 2.69 bits per heavy atom. The third kappa shape index (κ3) is 2.79. The van der Waals surface area contributed by atoms with E-state index in [0.717, 1.165) is 0 Å². The molecule has 3 N–H and O–H groups in total. The minimum Gasteiger partial charge on any atom is -0.481 e. The number of nitrogens with two attached hydrogens (primary N) is 1. The van der Waals surface area contributed by atoms with Crippen LogP contribution in [0.4, 0.5) is 14.6 Å². The molecular formula is C9H9ClF2N2O2. The van der Waals surface area contributed by atoms with Crippen molar-refractivity contribution in [1.29, 1.82) is 0 Å². The monoisotopic (exact) mass is 250 g/mol. The number of carboxylic acids is 1. The van der Waals surface area contributed by atoms with Gasteiger partial charge in [-0.2, -0.15) is 0 Å². The summed E-state index contributed by atoms with van der Waals surface area (Å²) in [6.45, 7) is 0. The quantitative estimate of drug-likeness (QED) is 0.801. The molecule has 1 aromatic rings. The first-order chi connectivity index (χ1) is 7.45. The Balaban J connectivity index is 3.28. The molecule has 4 nitrogen and oxygen atoms in total. The Morgan fingerprint density at radius 1 is 1.62 bits per heavy atom. The molecule has 0 aromatic carbocycles.